The summed E-state index contributed by atoms with van der Waals surface area (Å²) in [7, 11) is 0. The van der Waals surface area contributed by atoms with Gasteiger partial charge < -0.3 is 45.2 Å². The molecule has 1 aliphatic heterocycles. The first-order valence-electron chi connectivity index (χ1n) is 17.4. The molecule has 16 atom stereocenters. The van der Waals surface area contributed by atoms with Crippen molar-refractivity contribution >= 4 is 0 Å². The van der Waals surface area contributed by atoms with Crippen LogP contribution in [0, 0.1) is 45.3 Å². The van der Waals surface area contributed by atoms with Crippen molar-refractivity contribution in [2.75, 3.05) is 6.61 Å². The Labute approximate surface area is 270 Å². The molecule has 260 valence electrons. The molecule has 1 unspecified atom stereocenters. The molecule has 9 heteroatoms. The molecule has 1 heterocycles. The van der Waals surface area contributed by atoms with Crippen LogP contribution in [0.25, 0.3) is 0 Å². The van der Waals surface area contributed by atoms with E-state index in [2.05, 4.69) is 54.5 Å². The van der Waals surface area contributed by atoms with Gasteiger partial charge in [0.2, 0.25) is 0 Å². The lowest BCUT2D eigenvalue weighted by Crippen LogP contribution is -2.71. The predicted molar refractivity (Wildman–Crippen MR) is 170 cm³/mol. The first-order chi connectivity index (χ1) is 20.8. The van der Waals surface area contributed by atoms with E-state index in [1.54, 1.807) is 0 Å². The Bertz CT molecular complexity index is 1100. The van der Waals surface area contributed by atoms with E-state index >= 15 is 0 Å². The zero-order valence-electron chi connectivity index (χ0n) is 28.8. The monoisotopic (exact) mass is 638 g/mol. The minimum atomic E-state index is -1.54. The highest BCUT2D eigenvalue weighted by Gasteiger charge is 2.73. The summed E-state index contributed by atoms with van der Waals surface area (Å²) in [6.07, 6.45) is -0.603. The maximum atomic E-state index is 12.1. The maximum Gasteiger partial charge on any atom is 0.186 e. The summed E-state index contributed by atoms with van der Waals surface area (Å²) in [5.41, 5.74) is -1.21. The predicted octanol–water partition coefficient (Wildman–Crippen LogP) is 3.30. The van der Waals surface area contributed by atoms with E-state index in [0.29, 0.717) is 25.7 Å². The second-order valence-electron chi connectivity index (χ2n) is 17.5. The lowest BCUT2D eigenvalue weighted by atomic mass is 9.34. The first kappa shape index (κ1) is 35.7. The number of aliphatic hydroxyl groups is 7. The van der Waals surface area contributed by atoms with Crippen LogP contribution in [0.4, 0.5) is 0 Å². The molecular formula is C36H62O9. The van der Waals surface area contributed by atoms with Crippen LogP contribution >= 0.6 is 0 Å². The Morgan fingerprint density at radius 2 is 1.60 bits per heavy atom. The second-order valence-corrected chi connectivity index (χ2v) is 17.5. The van der Waals surface area contributed by atoms with Gasteiger partial charge in [-0.15, -0.1) is 0 Å². The van der Waals surface area contributed by atoms with Gasteiger partial charge in [0, 0.05) is 0 Å². The summed E-state index contributed by atoms with van der Waals surface area (Å²) in [5.74, 6) is -0.186. The van der Waals surface area contributed by atoms with Crippen molar-refractivity contribution in [3.05, 3.63) is 11.6 Å². The van der Waals surface area contributed by atoms with Crippen molar-refractivity contribution < 1.29 is 45.2 Å². The third-order valence-corrected chi connectivity index (χ3v) is 14.4. The topological polar surface area (TPSA) is 160 Å². The molecule has 0 aromatic rings. The van der Waals surface area contributed by atoms with Crippen molar-refractivity contribution in [3.63, 3.8) is 0 Å². The number of aliphatic hydroxyl groups excluding tert-OH is 6. The van der Waals surface area contributed by atoms with Crippen molar-refractivity contribution in [2.45, 2.75) is 161 Å². The number of fused-ring (bicyclic) bond motifs is 5. The Balaban J connectivity index is 1.54. The van der Waals surface area contributed by atoms with Gasteiger partial charge in [-0.25, -0.2) is 0 Å². The van der Waals surface area contributed by atoms with Gasteiger partial charge in [0.1, 0.15) is 24.4 Å². The number of ether oxygens (including phenoxy) is 2. The van der Waals surface area contributed by atoms with Crippen LogP contribution in [0.1, 0.15) is 107 Å². The molecule has 0 amide bonds. The van der Waals surface area contributed by atoms with Crippen LogP contribution in [-0.4, -0.2) is 97.0 Å². The minimum Gasteiger partial charge on any atom is -0.394 e. The van der Waals surface area contributed by atoms with E-state index in [1.165, 1.54) is 5.57 Å². The molecule has 5 fully saturated rings. The van der Waals surface area contributed by atoms with Gasteiger partial charge in [0.05, 0.1) is 30.5 Å². The third-order valence-electron chi connectivity index (χ3n) is 14.4. The highest BCUT2D eigenvalue weighted by atomic mass is 16.7. The van der Waals surface area contributed by atoms with Crippen LogP contribution in [0.5, 0.6) is 0 Å². The first-order valence-corrected chi connectivity index (χ1v) is 17.4. The Morgan fingerprint density at radius 1 is 0.933 bits per heavy atom. The van der Waals surface area contributed by atoms with Gasteiger partial charge >= 0.3 is 0 Å². The third kappa shape index (κ3) is 5.48. The molecule has 0 aromatic heterocycles. The fourth-order valence-electron chi connectivity index (χ4n) is 11.9. The number of rotatable bonds is 7. The van der Waals surface area contributed by atoms with E-state index in [1.807, 2.05) is 6.92 Å². The summed E-state index contributed by atoms with van der Waals surface area (Å²) < 4.78 is 12.6. The fourth-order valence-corrected chi connectivity index (χ4v) is 11.9. The van der Waals surface area contributed by atoms with Gasteiger partial charge in [-0.05, 0) is 117 Å². The Kier molecular flexibility index (Phi) is 9.56. The van der Waals surface area contributed by atoms with Gasteiger partial charge in [0.25, 0.3) is 0 Å². The summed E-state index contributed by atoms with van der Waals surface area (Å²) in [5, 5.41) is 77.2. The molecule has 5 rings (SSSR count). The summed E-state index contributed by atoms with van der Waals surface area (Å²) in [6.45, 7) is 16.6. The molecule has 0 spiro atoms. The summed E-state index contributed by atoms with van der Waals surface area (Å²) >= 11 is 0. The quantitative estimate of drug-likeness (QED) is 0.164. The van der Waals surface area contributed by atoms with E-state index in [0.717, 1.165) is 25.7 Å². The van der Waals surface area contributed by atoms with Gasteiger partial charge in [0.15, 0.2) is 6.29 Å². The van der Waals surface area contributed by atoms with Crippen molar-refractivity contribution in [1.29, 1.82) is 0 Å². The van der Waals surface area contributed by atoms with E-state index in [-0.39, 0.29) is 39.9 Å². The van der Waals surface area contributed by atoms with Crippen LogP contribution in [0.3, 0.4) is 0 Å². The van der Waals surface area contributed by atoms with Crippen molar-refractivity contribution in [1.82, 2.24) is 0 Å². The lowest BCUT2D eigenvalue weighted by molar-refractivity contribution is -0.346. The molecule has 4 aliphatic carbocycles. The van der Waals surface area contributed by atoms with Crippen molar-refractivity contribution in [2.24, 2.45) is 45.3 Å². The molecule has 7 N–H and O–H groups in total. The largest absolute Gasteiger partial charge is 0.394 e. The average Bonchev–Trinajstić information content (AvgIpc) is 3.33. The molecule has 5 aliphatic rings. The van der Waals surface area contributed by atoms with Gasteiger partial charge in [-0.2, -0.15) is 0 Å². The molecule has 45 heavy (non-hydrogen) atoms. The molecule has 0 radical (unpaired) electrons. The van der Waals surface area contributed by atoms with Crippen LogP contribution < -0.4 is 0 Å². The molecule has 0 aromatic carbocycles. The highest BCUT2D eigenvalue weighted by Crippen LogP contribution is 2.76. The molecule has 0 bridgehead atoms. The molecule has 4 saturated carbocycles. The minimum absolute atomic E-state index is 0.0548. The molecule has 9 nitrogen and oxygen atoms in total. The lowest BCUT2D eigenvalue weighted by Gasteiger charge is -2.72. The number of hydrogen-bond acceptors (Lipinski definition) is 9. The van der Waals surface area contributed by atoms with Gasteiger partial charge in [-0.3, -0.25) is 0 Å². The van der Waals surface area contributed by atoms with E-state index < -0.39 is 66.6 Å². The number of hydrogen-bond donors (Lipinski definition) is 7. The zero-order chi connectivity index (χ0) is 33.5. The zero-order valence-corrected chi connectivity index (χ0v) is 28.8. The van der Waals surface area contributed by atoms with Crippen LogP contribution in [0.15, 0.2) is 11.6 Å². The second kappa shape index (κ2) is 12.1. The molecule has 1 saturated heterocycles. The fraction of sp³-hybridized carbons (Fsp3) is 0.944. The van der Waals surface area contributed by atoms with Crippen molar-refractivity contribution in [3.8, 4) is 0 Å². The normalized spacial score (nSPS) is 52.2. The van der Waals surface area contributed by atoms with Crippen LogP contribution in [-0.2, 0) is 9.47 Å². The smallest absolute Gasteiger partial charge is 0.186 e. The van der Waals surface area contributed by atoms with Gasteiger partial charge in [-0.1, -0.05) is 46.3 Å². The van der Waals surface area contributed by atoms with E-state index in [9.17, 15) is 35.7 Å². The Hall–Kier alpha value is -0.620. The summed E-state index contributed by atoms with van der Waals surface area (Å²) in [6, 6.07) is 0. The maximum absolute atomic E-state index is 12.1. The highest BCUT2D eigenvalue weighted by molar-refractivity contribution is 5.22. The summed E-state index contributed by atoms with van der Waals surface area (Å²) in [4.78, 5) is 0. The number of allylic oxidation sites excluding steroid dienone is 2. The standard InChI is InChI=1S/C36H62O9/c1-19(2)10-9-13-36(8,43)20-11-15-34(6)26(20)21(38)16-24-33(5)14-12-25(39)32(3,4)30(33)22(17-35(24,34)7)44-31-29(42)28(41)27(40)23(18-37)45-31/h10,20-31,37-43H,9,11-18H2,1-8H3/t20?,21-,22+,23-,24-,25+,26+,27-,28+,29-,30+,31+,33-,34-,35-,36+/m1/s1. The van der Waals surface area contributed by atoms with E-state index in [4.69, 9.17) is 9.47 Å². The SMILES string of the molecule is CC(C)=CCC[C@](C)(O)C1CC[C@]2(C)[C@@H]1[C@H](O)C[C@@H]1[C@@]3(C)CC[C@H](O)C(C)(C)[C@@H]3[C@@H](O[C@H]3O[C@H](CO)[C@@H](O)[C@H](O)[C@H]3O)C[C@]12C. The molecular weight excluding hydrogens is 576 g/mol. The Morgan fingerprint density at radius 3 is 2.22 bits per heavy atom. The average molecular weight is 639 g/mol. The van der Waals surface area contributed by atoms with Crippen LogP contribution in [0.2, 0.25) is 0 Å².